The molecule has 0 bridgehead atoms. The molecule has 3 rings (SSSR count). The number of alkyl halides is 3. The van der Waals surface area contributed by atoms with Gasteiger partial charge in [0.2, 0.25) is 0 Å². The van der Waals surface area contributed by atoms with Crippen molar-refractivity contribution in [3.8, 4) is 5.75 Å². The van der Waals surface area contributed by atoms with Crippen molar-refractivity contribution in [1.29, 1.82) is 0 Å². The van der Waals surface area contributed by atoms with Gasteiger partial charge in [0.05, 0.1) is 19.2 Å². The van der Waals surface area contributed by atoms with Crippen molar-refractivity contribution in [2.24, 2.45) is 0 Å². The summed E-state index contributed by atoms with van der Waals surface area (Å²) in [5, 5.41) is 3.18. The van der Waals surface area contributed by atoms with E-state index in [4.69, 9.17) is 9.47 Å². The first-order valence-corrected chi connectivity index (χ1v) is 11.1. The number of carbonyl (C=O) groups is 1. The van der Waals surface area contributed by atoms with Crippen molar-refractivity contribution >= 4 is 21.9 Å². The van der Waals surface area contributed by atoms with Crippen LogP contribution in [0.4, 0.5) is 23.7 Å². The molecular weight excluding hydrogens is 441 g/mol. The third kappa shape index (κ3) is 5.73. The lowest BCUT2D eigenvalue weighted by atomic mass is 9.97. The summed E-state index contributed by atoms with van der Waals surface area (Å²) in [6.07, 6.45) is 0.470. The number of hydrogen-bond acceptors (Lipinski definition) is 7. The Hall–Kier alpha value is -2.21. The number of fused-ring (bicyclic) bond motifs is 1. The standard InChI is InChI=1S/C19H25F3N2O6S/c1-18(2,3)29-17(25)24-6-4-12-8-14(30-31(26,27)19(20,21)22)9-16(15(12)10-24)23-13-5-7-28-11-13/h8-9,13,23H,4-7,10-11H2,1-3H3/t13-/m0/s1. The minimum atomic E-state index is -5.80. The van der Waals surface area contributed by atoms with Gasteiger partial charge in [-0.15, -0.1) is 0 Å². The highest BCUT2D eigenvalue weighted by Gasteiger charge is 2.48. The molecule has 2 heterocycles. The van der Waals surface area contributed by atoms with Crippen LogP contribution in [0.15, 0.2) is 12.1 Å². The van der Waals surface area contributed by atoms with Crippen LogP contribution < -0.4 is 9.50 Å². The van der Waals surface area contributed by atoms with Gasteiger partial charge in [-0.25, -0.2) is 4.79 Å². The Labute approximate surface area is 178 Å². The zero-order chi connectivity index (χ0) is 23.0. The molecule has 0 spiro atoms. The van der Waals surface area contributed by atoms with Crippen molar-refractivity contribution in [3.05, 3.63) is 23.3 Å². The van der Waals surface area contributed by atoms with Crippen LogP contribution >= 0.6 is 0 Å². The number of anilines is 1. The first-order valence-electron chi connectivity index (χ1n) is 9.74. The molecule has 0 aliphatic carbocycles. The maximum Gasteiger partial charge on any atom is 0.534 e. The molecular formula is C19H25F3N2O6S. The molecule has 2 aliphatic heterocycles. The van der Waals surface area contributed by atoms with Crippen LogP contribution in [0, 0.1) is 0 Å². The Balaban J connectivity index is 1.91. The van der Waals surface area contributed by atoms with Crippen LogP contribution in [-0.2, 0) is 32.6 Å². The molecule has 174 valence electrons. The molecule has 0 aromatic heterocycles. The Morgan fingerprint density at radius 2 is 1.97 bits per heavy atom. The fourth-order valence-electron chi connectivity index (χ4n) is 3.34. The predicted octanol–water partition coefficient (Wildman–Crippen LogP) is 3.41. The number of amides is 1. The molecule has 1 aromatic carbocycles. The molecule has 0 saturated carbocycles. The van der Waals surface area contributed by atoms with Gasteiger partial charge in [0.25, 0.3) is 0 Å². The van der Waals surface area contributed by atoms with E-state index in [9.17, 15) is 26.4 Å². The molecule has 8 nitrogen and oxygen atoms in total. The highest BCUT2D eigenvalue weighted by atomic mass is 32.2. The average Bonchev–Trinajstić information content (AvgIpc) is 3.11. The van der Waals surface area contributed by atoms with Crippen molar-refractivity contribution < 1.29 is 40.0 Å². The Morgan fingerprint density at radius 3 is 2.55 bits per heavy atom. The zero-order valence-corrected chi connectivity index (χ0v) is 18.2. The first-order chi connectivity index (χ1) is 14.2. The van der Waals surface area contributed by atoms with Crippen molar-refractivity contribution in [1.82, 2.24) is 4.90 Å². The minimum absolute atomic E-state index is 0.101. The van der Waals surface area contributed by atoms with Gasteiger partial charge in [0.15, 0.2) is 0 Å². The highest BCUT2D eigenvalue weighted by molar-refractivity contribution is 7.88. The quantitative estimate of drug-likeness (QED) is 0.537. The third-order valence-electron chi connectivity index (χ3n) is 4.75. The maximum atomic E-state index is 12.8. The number of nitrogens with zero attached hydrogens (tertiary/aromatic N) is 1. The Kier molecular flexibility index (Phi) is 6.34. The maximum absolute atomic E-state index is 12.8. The molecule has 1 aromatic rings. The summed E-state index contributed by atoms with van der Waals surface area (Å²) in [4.78, 5) is 14.0. The molecule has 1 amide bonds. The summed E-state index contributed by atoms with van der Waals surface area (Å²) in [5.41, 5.74) is -4.56. The van der Waals surface area contributed by atoms with Gasteiger partial charge in [0, 0.05) is 24.9 Å². The number of hydrogen-bond donors (Lipinski definition) is 1. The SMILES string of the molecule is CC(C)(C)OC(=O)N1CCc2cc(OS(=O)(=O)C(F)(F)F)cc(N[C@H]3CCOC3)c2C1. The number of carbonyl (C=O) groups excluding carboxylic acids is 1. The van der Waals surface area contributed by atoms with Crippen LogP contribution in [0.5, 0.6) is 5.75 Å². The smallest absolute Gasteiger partial charge is 0.444 e. The van der Waals surface area contributed by atoms with E-state index in [1.165, 1.54) is 17.0 Å². The van der Waals surface area contributed by atoms with Crippen molar-refractivity contribution in [2.45, 2.75) is 57.3 Å². The monoisotopic (exact) mass is 466 g/mol. The van der Waals surface area contributed by atoms with Gasteiger partial charge in [-0.2, -0.15) is 21.6 Å². The molecule has 1 saturated heterocycles. The van der Waals surface area contributed by atoms with E-state index in [0.29, 0.717) is 42.9 Å². The van der Waals surface area contributed by atoms with Gasteiger partial charge in [-0.3, -0.25) is 0 Å². The summed E-state index contributed by atoms with van der Waals surface area (Å²) in [7, 11) is -5.80. The summed E-state index contributed by atoms with van der Waals surface area (Å²) in [6, 6.07) is 2.37. The minimum Gasteiger partial charge on any atom is -0.444 e. The number of halogens is 3. The lowest BCUT2D eigenvalue weighted by Crippen LogP contribution is -2.40. The van der Waals surface area contributed by atoms with Crippen LogP contribution in [0.1, 0.15) is 38.3 Å². The second kappa shape index (κ2) is 8.38. The van der Waals surface area contributed by atoms with Crippen molar-refractivity contribution in [2.75, 3.05) is 25.1 Å². The lowest BCUT2D eigenvalue weighted by Gasteiger charge is -2.33. The Bertz CT molecular complexity index is 937. The predicted molar refractivity (Wildman–Crippen MR) is 105 cm³/mol. The summed E-state index contributed by atoms with van der Waals surface area (Å²) >= 11 is 0. The normalized spacial score (nSPS) is 19.7. The van der Waals surface area contributed by atoms with Crippen LogP contribution in [0.2, 0.25) is 0 Å². The van der Waals surface area contributed by atoms with Gasteiger partial charge in [-0.05, 0) is 50.8 Å². The van der Waals surface area contributed by atoms with E-state index in [0.717, 1.165) is 0 Å². The van der Waals surface area contributed by atoms with E-state index in [1.54, 1.807) is 20.8 Å². The van der Waals surface area contributed by atoms with Crippen molar-refractivity contribution in [3.63, 3.8) is 0 Å². The third-order valence-corrected chi connectivity index (χ3v) is 5.73. The first kappa shape index (κ1) is 23.5. The molecule has 12 heteroatoms. The van der Waals surface area contributed by atoms with Crippen LogP contribution in [-0.4, -0.2) is 56.3 Å². The number of rotatable bonds is 4. The summed E-state index contributed by atoms with van der Waals surface area (Å²) in [5.74, 6) is -0.441. The Morgan fingerprint density at radius 1 is 1.26 bits per heavy atom. The summed E-state index contributed by atoms with van der Waals surface area (Å²) in [6.45, 7) is 6.61. The van der Waals surface area contributed by atoms with E-state index in [1.807, 2.05) is 0 Å². The van der Waals surface area contributed by atoms with E-state index >= 15 is 0 Å². The second-order valence-electron chi connectivity index (χ2n) is 8.45. The molecule has 0 unspecified atom stereocenters. The fraction of sp³-hybridized carbons (Fsp3) is 0.632. The van der Waals surface area contributed by atoms with E-state index < -0.39 is 33.1 Å². The molecule has 0 radical (unpaired) electrons. The van der Waals surface area contributed by atoms with E-state index in [2.05, 4.69) is 9.50 Å². The fourth-order valence-corrected chi connectivity index (χ4v) is 3.78. The van der Waals surface area contributed by atoms with Gasteiger partial charge in [0.1, 0.15) is 11.4 Å². The van der Waals surface area contributed by atoms with Gasteiger partial charge >= 0.3 is 21.7 Å². The molecule has 2 aliphatic rings. The topological polar surface area (TPSA) is 94.2 Å². The highest BCUT2D eigenvalue weighted by Crippen LogP contribution is 2.35. The van der Waals surface area contributed by atoms with Gasteiger partial charge in [-0.1, -0.05) is 0 Å². The second-order valence-corrected chi connectivity index (χ2v) is 9.99. The molecule has 31 heavy (non-hydrogen) atoms. The molecule has 1 N–H and O–H groups in total. The lowest BCUT2D eigenvalue weighted by molar-refractivity contribution is -0.0500. The van der Waals surface area contributed by atoms with Crippen LogP contribution in [0.3, 0.4) is 0 Å². The molecule has 1 atom stereocenters. The molecule has 1 fully saturated rings. The number of nitrogens with one attached hydrogen (secondary N) is 1. The number of benzene rings is 1. The van der Waals surface area contributed by atoms with E-state index in [-0.39, 0.29) is 19.1 Å². The largest absolute Gasteiger partial charge is 0.534 e. The average molecular weight is 466 g/mol. The van der Waals surface area contributed by atoms with Crippen LogP contribution in [0.25, 0.3) is 0 Å². The number of ether oxygens (including phenoxy) is 2. The zero-order valence-electron chi connectivity index (χ0n) is 17.4. The van der Waals surface area contributed by atoms with Gasteiger partial charge < -0.3 is 23.9 Å². The summed E-state index contributed by atoms with van der Waals surface area (Å²) < 4.78 is 76.3.